The molecule has 0 atom stereocenters. The summed E-state index contributed by atoms with van der Waals surface area (Å²) in [5.41, 5.74) is 1.64. The van der Waals surface area contributed by atoms with Gasteiger partial charge in [0, 0.05) is 31.4 Å². The van der Waals surface area contributed by atoms with Gasteiger partial charge < -0.3 is 18.0 Å². The van der Waals surface area contributed by atoms with Crippen LogP contribution in [0.3, 0.4) is 0 Å². The van der Waals surface area contributed by atoms with Crippen molar-refractivity contribution in [3.8, 4) is 5.75 Å². The molecule has 1 aromatic rings. The van der Waals surface area contributed by atoms with Gasteiger partial charge in [-0.3, -0.25) is 4.79 Å². The van der Waals surface area contributed by atoms with Crippen LogP contribution in [-0.4, -0.2) is 41.5 Å². The van der Waals surface area contributed by atoms with E-state index in [9.17, 15) is 4.79 Å². The summed E-state index contributed by atoms with van der Waals surface area (Å²) >= 11 is 0. The highest BCUT2D eigenvalue weighted by molar-refractivity contribution is 6.60. The van der Waals surface area contributed by atoms with Gasteiger partial charge in [0.25, 0.3) is 0 Å². The minimum atomic E-state index is -2.72. The van der Waals surface area contributed by atoms with E-state index in [0.717, 1.165) is 11.3 Å². The van der Waals surface area contributed by atoms with Crippen molar-refractivity contribution in [2.75, 3.05) is 26.9 Å². The van der Waals surface area contributed by atoms with Crippen molar-refractivity contribution < 1.29 is 22.8 Å². The maximum Gasteiger partial charge on any atom is 0.501 e. The molecule has 6 heteroatoms. The Balaban J connectivity index is 3.01. The Hall–Kier alpha value is -1.21. The Morgan fingerprint density at radius 2 is 1.61 bits per heavy atom. The highest BCUT2D eigenvalue weighted by Crippen LogP contribution is 2.24. The van der Waals surface area contributed by atoms with Gasteiger partial charge in [0.05, 0.1) is 7.11 Å². The first-order chi connectivity index (χ1) is 11.0. The summed E-state index contributed by atoms with van der Waals surface area (Å²) in [7, 11) is -1.10. The summed E-state index contributed by atoms with van der Waals surface area (Å²) < 4.78 is 22.9. The molecule has 0 aliphatic rings. The Bertz CT molecular complexity index is 487. The fourth-order valence-corrected chi connectivity index (χ4v) is 5.11. The van der Waals surface area contributed by atoms with Crippen LogP contribution in [0.15, 0.2) is 18.2 Å². The Morgan fingerprint density at radius 1 is 1.04 bits per heavy atom. The zero-order valence-electron chi connectivity index (χ0n) is 14.8. The van der Waals surface area contributed by atoms with Gasteiger partial charge in [-0.05, 0) is 57.9 Å². The predicted octanol–water partition coefficient (Wildman–Crippen LogP) is 3.49. The molecule has 23 heavy (non-hydrogen) atoms. The molecule has 0 saturated carbocycles. The normalized spacial score (nSPS) is 11.5. The van der Waals surface area contributed by atoms with E-state index >= 15 is 0 Å². The lowest BCUT2D eigenvalue weighted by molar-refractivity contribution is 0.0713. The van der Waals surface area contributed by atoms with E-state index in [4.69, 9.17) is 18.0 Å². The van der Waals surface area contributed by atoms with E-state index < -0.39 is 8.80 Å². The van der Waals surface area contributed by atoms with Crippen molar-refractivity contribution in [1.82, 2.24) is 0 Å². The van der Waals surface area contributed by atoms with Crippen molar-refractivity contribution >= 4 is 14.6 Å². The number of hydrogen-bond donors (Lipinski definition) is 0. The zero-order valence-corrected chi connectivity index (χ0v) is 15.8. The number of carbonyl (C=O) groups is 1. The van der Waals surface area contributed by atoms with Crippen molar-refractivity contribution in [3.63, 3.8) is 0 Å². The molecule has 0 radical (unpaired) electrons. The second-order valence-corrected chi connectivity index (χ2v) is 7.79. The molecule has 0 aliphatic carbocycles. The molecular weight excluding hydrogens is 312 g/mol. The first kappa shape index (κ1) is 19.8. The first-order valence-electron chi connectivity index (χ1n) is 8.11. The molecule has 130 valence electrons. The number of rotatable bonds is 11. The summed E-state index contributed by atoms with van der Waals surface area (Å²) in [5, 5.41) is 0. The van der Waals surface area contributed by atoms with Gasteiger partial charge >= 0.3 is 8.80 Å². The van der Waals surface area contributed by atoms with Crippen LogP contribution in [0.1, 0.15) is 43.6 Å². The topological polar surface area (TPSA) is 54.0 Å². The van der Waals surface area contributed by atoms with Gasteiger partial charge in [0.15, 0.2) is 5.78 Å². The van der Waals surface area contributed by atoms with Crippen molar-refractivity contribution in [2.45, 2.75) is 40.2 Å². The van der Waals surface area contributed by atoms with Gasteiger partial charge in [-0.15, -0.1) is 0 Å². The number of ether oxygens (including phenoxy) is 1. The minimum absolute atomic E-state index is 0.0409. The lowest BCUT2D eigenvalue weighted by atomic mass is 10.0. The molecule has 0 spiro atoms. The number of aryl methyl sites for hydroxylation is 1. The molecule has 0 heterocycles. The summed E-state index contributed by atoms with van der Waals surface area (Å²) in [6.45, 7) is 9.02. The third-order valence-electron chi connectivity index (χ3n) is 3.48. The van der Waals surface area contributed by atoms with Gasteiger partial charge in [-0.2, -0.15) is 0 Å². The van der Waals surface area contributed by atoms with Gasteiger partial charge in [0.2, 0.25) is 0 Å². The predicted molar refractivity (Wildman–Crippen MR) is 92.1 cm³/mol. The quantitative estimate of drug-likeness (QED) is 0.456. The number of ketones is 1. The Labute approximate surface area is 140 Å². The first-order valence-corrected chi connectivity index (χ1v) is 10.0. The highest BCUT2D eigenvalue weighted by atomic mass is 28.4. The fourth-order valence-electron chi connectivity index (χ4n) is 2.54. The van der Waals surface area contributed by atoms with E-state index in [1.807, 2.05) is 32.9 Å². The van der Waals surface area contributed by atoms with Crippen molar-refractivity contribution in [1.29, 1.82) is 0 Å². The molecule has 1 rings (SSSR count). The van der Waals surface area contributed by atoms with E-state index in [0.29, 0.717) is 37.8 Å². The van der Waals surface area contributed by atoms with Crippen LogP contribution in [0, 0.1) is 0 Å². The van der Waals surface area contributed by atoms with E-state index in [1.165, 1.54) is 0 Å². The molecule has 0 aliphatic heterocycles. The Kier molecular flexibility index (Phi) is 8.47. The lowest BCUT2D eigenvalue weighted by Gasteiger charge is -2.28. The molecule has 5 nitrogen and oxygen atoms in total. The molecule has 1 aromatic carbocycles. The molecule has 0 unspecified atom stereocenters. The number of methoxy groups -OCH3 is 1. The maximum absolute atomic E-state index is 11.8. The van der Waals surface area contributed by atoms with Crippen LogP contribution in [0.25, 0.3) is 0 Å². The third kappa shape index (κ3) is 5.73. The third-order valence-corrected chi connectivity index (χ3v) is 6.53. The largest absolute Gasteiger partial charge is 0.501 e. The number of hydrogen-bond acceptors (Lipinski definition) is 5. The van der Waals surface area contributed by atoms with Crippen molar-refractivity contribution in [2.24, 2.45) is 0 Å². The molecule has 0 amide bonds. The number of carbonyl (C=O) groups excluding carboxylic acids is 1. The molecule has 0 saturated heterocycles. The molecular formula is C17H28O5Si. The molecule has 0 bridgehead atoms. The molecule has 0 N–H and O–H groups in total. The number of benzene rings is 1. The van der Waals surface area contributed by atoms with Gasteiger partial charge in [-0.1, -0.05) is 0 Å². The van der Waals surface area contributed by atoms with Crippen LogP contribution in [-0.2, 0) is 19.7 Å². The maximum atomic E-state index is 11.8. The summed E-state index contributed by atoms with van der Waals surface area (Å²) in [4.78, 5) is 11.8. The zero-order chi connectivity index (χ0) is 17.3. The highest BCUT2D eigenvalue weighted by Gasteiger charge is 2.40. The fraction of sp³-hybridized carbons (Fsp3) is 0.588. The second kappa shape index (κ2) is 9.82. The standard InChI is InChI=1S/C17H28O5Si/c1-6-20-23(21-7-2,22-8-3)12-11-15-13-16(19-5)9-10-17(15)14(4)18/h9-10,13H,6-8,11-12H2,1-5H3. The van der Waals surface area contributed by atoms with E-state index in [1.54, 1.807) is 20.1 Å². The molecule has 0 aromatic heterocycles. The number of Topliss-reactive ketones (excluding diaryl/α,β-unsaturated/α-hetero) is 1. The van der Waals surface area contributed by atoms with Crippen LogP contribution in [0.4, 0.5) is 0 Å². The lowest BCUT2D eigenvalue weighted by Crippen LogP contribution is -2.46. The van der Waals surface area contributed by atoms with Gasteiger partial charge in [-0.25, -0.2) is 0 Å². The smallest absolute Gasteiger partial charge is 0.497 e. The van der Waals surface area contributed by atoms with Crippen LogP contribution in [0.2, 0.25) is 6.04 Å². The average Bonchev–Trinajstić information content (AvgIpc) is 2.53. The SMILES string of the molecule is CCO[Si](CCc1cc(OC)ccc1C(C)=O)(OCC)OCC. The monoisotopic (exact) mass is 340 g/mol. The van der Waals surface area contributed by atoms with Crippen LogP contribution < -0.4 is 4.74 Å². The molecule has 0 fully saturated rings. The van der Waals surface area contributed by atoms with Crippen LogP contribution >= 0.6 is 0 Å². The van der Waals surface area contributed by atoms with E-state index in [-0.39, 0.29) is 5.78 Å². The Morgan fingerprint density at radius 3 is 2.04 bits per heavy atom. The summed E-state index contributed by atoms with van der Waals surface area (Å²) in [5.74, 6) is 0.778. The van der Waals surface area contributed by atoms with Gasteiger partial charge in [0.1, 0.15) is 5.75 Å². The van der Waals surface area contributed by atoms with Crippen LogP contribution in [0.5, 0.6) is 5.75 Å². The van der Waals surface area contributed by atoms with E-state index in [2.05, 4.69) is 0 Å². The second-order valence-electron chi connectivity index (χ2n) is 5.06. The average molecular weight is 340 g/mol. The summed E-state index contributed by atoms with van der Waals surface area (Å²) in [6, 6.07) is 6.15. The summed E-state index contributed by atoms with van der Waals surface area (Å²) in [6.07, 6.45) is 0.651. The minimum Gasteiger partial charge on any atom is -0.497 e. The van der Waals surface area contributed by atoms with Crippen molar-refractivity contribution in [3.05, 3.63) is 29.3 Å².